The minimum atomic E-state index is -0.737. The van der Waals surface area contributed by atoms with E-state index >= 15 is 0 Å². The first-order valence-corrected chi connectivity index (χ1v) is 6.19. The first-order chi connectivity index (χ1) is 8.72. The van der Waals surface area contributed by atoms with Crippen LogP contribution in [0.4, 0.5) is 0 Å². The SMILES string of the molecule is CC(O)[C@@]12CO[C@@H]([CH-]O1)[C@@H]2OCc1ccccc1.[U]. The van der Waals surface area contributed by atoms with E-state index in [1.54, 1.807) is 13.5 Å². The van der Waals surface area contributed by atoms with Crippen LogP contribution in [0.5, 0.6) is 0 Å². The first-order valence-electron chi connectivity index (χ1n) is 6.19. The molecule has 3 rings (SSSR count). The van der Waals surface area contributed by atoms with Crippen LogP contribution in [0.15, 0.2) is 30.3 Å². The monoisotopic (exact) mass is 487 g/mol. The third-order valence-electron chi connectivity index (χ3n) is 3.68. The van der Waals surface area contributed by atoms with Crippen LogP contribution in [0.2, 0.25) is 0 Å². The van der Waals surface area contributed by atoms with Gasteiger partial charge in [0.2, 0.25) is 0 Å². The van der Waals surface area contributed by atoms with E-state index < -0.39 is 11.7 Å². The molecule has 2 heterocycles. The number of ether oxygens (including phenoxy) is 3. The second-order valence-electron chi connectivity index (χ2n) is 4.88. The maximum atomic E-state index is 9.89. The van der Waals surface area contributed by atoms with Crippen LogP contribution < -0.4 is 0 Å². The van der Waals surface area contributed by atoms with Gasteiger partial charge in [-0.05, 0) is 18.6 Å². The standard InChI is InChI=1S/C14H17O4.U/c1-10(15)14-9-17-12(8-18-14)13(14)16-7-11-5-3-2-4-6-11;/h2-6,8,10,12-13,15H,7,9H2,1H3;/q-1;/t10?,12-,13-,14+;/m0./s1. The molecule has 1 aromatic carbocycles. The maximum absolute atomic E-state index is 9.89. The average Bonchev–Trinajstić information content (AvgIpc) is 2.93. The summed E-state index contributed by atoms with van der Waals surface area (Å²) in [7, 11) is 0. The van der Waals surface area contributed by atoms with Gasteiger partial charge >= 0.3 is 0 Å². The van der Waals surface area contributed by atoms with Crippen LogP contribution >= 0.6 is 0 Å². The van der Waals surface area contributed by atoms with Crippen molar-refractivity contribution in [2.45, 2.75) is 37.4 Å². The molecule has 2 aliphatic heterocycles. The molecule has 0 spiro atoms. The summed E-state index contributed by atoms with van der Waals surface area (Å²) in [4.78, 5) is 0. The molecule has 19 heavy (non-hydrogen) atoms. The quantitative estimate of drug-likeness (QED) is 0.651. The fourth-order valence-corrected chi connectivity index (χ4v) is 2.53. The fraction of sp³-hybridized carbons (Fsp3) is 0.500. The van der Waals surface area contributed by atoms with Gasteiger partial charge in [0.15, 0.2) is 0 Å². The fourth-order valence-electron chi connectivity index (χ4n) is 2.53. The Balaban J connectivity index is 0.00000133. The zero-order valence-electron chi connectivity index (χ0n) is 10.8. The summed E-state index contributed by atoms with van der Waals surface area (Å²) in [6.07, 6.45) is -1.04. The molecule has 1 unspecified atom stereocenters. The molecule has 1 N–H and O–H groups in total. The number of fused-ring (bicyclic) bond motifs is 2. The van der Waals surface area contributed by atoms with Gasteiger partial charge in [0.25, 0.3) is 0 Å². The first kappa shape index (κ1) is 15.5. The van der Waals surface area contributed by atoms with E-state index in [2.05, 4.69) is 0 Å². The van der Waals surface area contributed by atoms with E-state index in [4.69, 9.17) is 14.2 Å². The van der Waals surface area contributed by atoms with E-state index in [9.17, 15) is 5.11 Å². The Labute approximate surface area is 136 Å². The van der Waals surface area contributed by atoms with Crippen LogP contribution in [0.25, 0.3) is 0 Å². The van der Waals surface area contributed by atoms with Crippen molar-refractivity contribution in [3.05, 3.63) is 42.5 Å². The Morgan fingerprint density at radius 1 is 1.47 bits per heavy atom. The molecule has 2 saturated heterocycles. The topological polar surface area (TPSA) is 47.9 Å². The predicted octanol–water partition coefficient (Wildman–Crippen LogP) is 1.28. The Hall–Kier alpha value is 0.112. The van der Waals surface area contributed by atoms with Crippen molar-refractivity contribution >= 4 is 0 Å². The molecule has 5 heteroatoms. The molecule has 2 fully saturated rings. The summed E-state index contributed by atoms with van der Waals surface area (Å²) >= 11 is 0. The number of aliphatic hydroxyl groups is 1. The molecule has 0 amide bonds. The Morgan fingerprint density at radius 2 is 2.21 bits per heavy atom. The molecule has 0 saturated carbocycles. The molecule has 102 valence electrons. The smallest absolute Gasteiger partial charge is 0.112 e. The molecule has 4 atom stereocenters. The van der Waals surface area contributed by atoms with E-state index in [0.717, 1.165) is 5.56 Å². The number of aliphatic hydroxyl groups excluding tert-OH is 1. The van der Waals surface area contributed by atoms with Crippen molar-refractivity contribution in [2.24, 2.45) is 0 Å². The van der Waals surface area contributed by atoms with Gasteiger partial charge in [-0.25, -0.2) is 0 Å². The summed E-state index contributed by atoms with van der Waals surface area (Å²) in [5, 5.41) is 9.89. The van der Waals surface area contributed by atoms with Crippen LogP contribution in [-0.2, 0) is 20.8 Å². The Morgan fingerprint density at radius 3 is 2.79 bits per heavy atom. The molecule has 2 aliphatic rings. The van der Waals surface area contributed by atoms with Crippen LogP contribution in [0.3, 0.4) is 0 Å². The normalized spacial score (nSPS) is 34.0. The van der Waals surface area contributed by atoms with Crippen molar-refractivity contribution in [1.29, 1.82) is 0 Å². The Kier molecular flexibility index (Phi) is 5.10. The van der Waals surface area contributed by atoms with Gasteiger partial charge in [-0.3, -0.25) is 0 Å². The van der Waals surface area contributed by atoms with Crippen molar-refractivity contribution in [1.82, 2.24) is 0 Å². The van der Waals surface area contributed by atoms with Crippen molar-refractivity contribution < 1.29 is 50.4 Å². The molecular formula is C14H17O4U-. The van der Waals surface area contributed by atoms with Gasteiger partial charge in [0.05, 0.1) is 25.4 Å². The van der Waals surface area contributed by atoms with Gasteiger partial charge in [-0.2, -0.15) is 6.61 Å². The van der Waals surface area contributed by atoms with Gasteiger partial charge in [-0.1, -0.05) is 30.3 Å². The van der Waals surface area contributed by atoms with Crippen molar-refractivity contribution in [3.63, 3.8) is 0 Å². The molecular weight excluding hydrogens is 470 g/mol. The summed E-state index contributed by atoms with van der Waals surface area (Å²) in [5.74, 6) is 0. The van der Waals surface area contributed by atoms with Crippen molar-refractivity contribution in [2.75, 3.05) is 6.61 Å². The summed E-state index contributed by atoms with van der Waals surface area (Å²) < 4.78 is 17.0. The molecule has 0 aromatic heterocycles. The zero-order chi connectivity index (χ0) is 12.6. The summed E-state index contributed by atoms with van der Waals surface area (Å²) in [6.45, 7) is 4.22. The number of benzene rings is 1. The molecule has 0 aliphatic carbocycles. The second kappa shape index (κ2) is 6.26. The maximum Gasteiger partial charge on any atom is 0.112 e. The van der Waals surface area contributed by atoms with Crippen molar-refractivity contribution in [3.8, 4) is 0 Å². The van der Waals surface area contributed by atoms with Gasteiger partial charge in [0.1, 0.15) is 5.60 Å². The average molecular weight is 487 g/mol. The van der Waals surface area contributed by atoms with Gasteiger partial charge in [0, 0.05) is 31.1 Å². The molecule has 0 radical (unpaired) electrons. The number of hydrogen-bond acceptors (Lipinski definition) is 4. The van der Waals surface area contributed by atoms with Crippen LogP contribution in [0.1, 0.15) is 12.5 Å². The third kappa shape index (κ3) is 2.78. The minimum absolute atomic E-state index is 0. The van der Waals surface area contributed by atoms with E-state index in [1.165, 1.54) is 0 Å². The van der Waals surface area contributed by atoms with E-state index in [1.807, 2.05) is 30.3 Å². The van der Waals surface area contributed by atoms with Crippen LogP contribution in [0, 0.1) is 37.7 Å². The largest absolute Gasteiger partial charge is 0.539 e. The summed E-state index contributed by atoms with van der Waals surface area (Å²) in [6, 6.07) is 9.95. The Bertz CT molecular complexity index is 401. The predicted molar refractivity (Wildman–Crippen MR) is 64.6 cm³/mol. The summed E-state index contributed by atoms with van der Waals surface area (Å²) in [5.41, 5.74) is 0.365. The molecule has 4 nitrogen and oxygen atoms in total. The second-order valence-corrected chi connectivity index (χ2v) is 4.88. The van der Waals surface area contributed by atoms with Crippen LogP contribution in [-0.4, -0.2) is 35.6 Å². The third-order valence-corrected chi connectivity index (χ3v) is 3.68. The van der Waals surface area contributed by atoms with E-state index in [0.29, 0.717) is 13.2 Å². The molecule has 2 bridgehead atoms. The zero-order valence-corrected chi connectivity index (χ0v) is 14.9. The minimum Gasteiger partial charge on any atom is -0.539 e. The number of hydrogen-bond donors (Lipinski definition) is 1. The van der Waals surface area contributed by atoms with Gasteiger partial charge < -0.3 is 19.3 Å². The molecule has 1 aromatic rings. The van der Waals surface area contributed by atoms with Gasteiger partial charge in [-0.15, -0.1) is 0 Å². The van der Waals surface area contributed by atoms with E-state index in [-0.39, 0.29) is 43.3 Å². The number of rotatable bonds is 4.